The van der Waals surface area contributed by atoms with Crippen molar-refractivity contribution < 1.29 is 0 Å². The van der Waals surface area contributed by atoms with Crippen LogP contribution >= 0.6 is 11.7 Å². The first-order chi connectivity index (χ1) is 16.6. The zero-order chi connectivity index (χ0) is 23.7. The van der Waals surface area contributed by atoms with Crippen LogP contribution in [0.25, 0.3) is 39.4 Å². The minimum absolute atomic E-state index is 0.0955. The summed E-state index contributed by atoms with van der Waals surface area (Å²) in [5.74, 6) is 0. The molecule has 4 aromatic rings. The lowest BCUT2D eigenvalue weighted by Gasteiger charge is -2.32. The van der Waals surface area contributed by atoms with Gasteiger partial charge < -0.3 is 0 Å². The molecule has 1 aromatic heterocycles. The average Bonchev–Trinajstić information content (AvgIpc) is 3.44. The Kier molecular flexibility index (Phi) is 5.74. The summed E-state index contributed by atoms with van der Waals surface area (Å²) in [6.45, 7) is 4.49. The van der Waals surface area contributed by atoms with E-state index in [9.17, 15) is 10.5 Å². The molecule has 0 saturated carbocycles. The van der Waals surface area contributed by atoms with Gasteiger partial charge in [0.2, 0.25) is 0 Å². The molecule has 0 radical (unpaired) electrons. The standard InChI is InChI=1S/C29H24N4S/c1-3-12-29(13-4-2)25-15-19(14-20(17-30)18-31)8-10-23(25)24-11-9-21(16-26(24)29)22-6-5-7-27-28(22)33-34-32-27/h5-11,14-16H,3-4,12-13H2,1-2H3. The number of benzene rings is 3. The number of nitriles is 2. The van der Waals surface area contributed by atoms with Crippen LogP contribution in [0, 0.1) is 22.7 Å². The number of nitrogens with zero attached hydrogens (tertiary/aromatic N) is 4. The second kappa shape index (κ2) is 8.86. The molecule has 0 aliphatic heterocycles. The van der Waals surface area contributed by atoms with Gasteiger partial charge in [0, 0.05) is 11.0 Å². The molecule has 34 heavy (non-hydrogen) atoms. The number of rotatable bonds is 6. The third-order valence-corrected chi connectivity index (χ3v) is 7.43. The fourth-order valence-electron chi connectivity index (χ4n) is 5.58. The lowest BCUT2D eigenvalue weighted by Crippen LogP contribution is -2.25. The third kappa shape index (κ3) is 3.41. The molecule has 0 unspecified atom stereocenters. The van der Waals surface area contributed by atoms with Crippen molar-refractivity contribution in [3.05, 3.63) is 76.9 Å². The summed E-state index contributed by atoms with van der Waals surface area (Å²) >= 11 is 1.25. The number of hydrogen-bond donors (Lipinski definition) is 0. The van der Waals surface area contributed by atoms with E-state index in [-0.39, 0.29) is 11.0 Å². The normalized spacial score (nSPS) is 13.1. The van der Waals surface area contributed by atoms with Gasteiger partial charge in [-0.25, -0.2) is 0 Å². The maximum Gasteiger partial charge on any atom is 0.130 e. The van der Waals surface area contributed by atoms with Gasteiger partial charge in [-0.2, -0.15) is 19.3 Å². The Morgan fingerprint density at radius 3 is 2.29 bits per heavy atom. The molecule has 166 valence electrons. The van der Waals surface area contributed by atoms with Gasteiger partial charge in [0.05, 0.1) is 11.7 Å². The predicted molar refractivity (Wildman–Crippen MR) is 138 cm³/mol. The van der Waals surface area contributed by atoms with Gasteiger partial charge >= 0.3 is 0 Å². The zero-order valence-corrected chi connectivity index (χ0v) is 20.1. The highest BCUT2D eigenvalue weighted by atomic mass is 32.1. The minimum atomic E-state index is -0.0955. The van der Waals surface area contributed by atoms with Crippen LogP contribution in [0.2, 0.25) is 0 Å². The highest BCUT2D eigenvalue weighted by Gasteiger charge is 2.42. The Bertz CT molecular complexity index is 1490. The maximum absolute atomic E-state index is 9.24. The summed E-state index contributed by atoms with van der Waals surface area (Å²) < 4.78 is 8.99. The van der Waals surface area contributed by atoms with Crippen molar-refractivity contribution >= 4 is 28.8 Å². The Morgan fingerprint density at radius 1 is 0.882 bits per heavy atom. The van der Waals surface area contributed by atoms with Crippen LogP contribution in [0.4, 0.5) is 0 Å². The van der Waals surface area contributed by atoms with E-state index in [2.05, 4.69) is 59.0 Å². The van der Waals surface area contributed by atoms with Gasteiger partial charge in [0.25, 0.3) is 0 Å². The number of aromatic nitrogens is 2. The van der Waals surface area contributed by atoms with Crippen LogP contribution in [0.15, 0.2) is 60.2 Å². The first kappa shape index (κ1) is 22.0. The maximum atomic E-state index is 9.24. The Hall–Kier alpha value is -3.80. The monoisotopic (exact) mass is 460 g/mol. The van der Waals surface area contributed by atoms with Crippen molar-refractivity contribution in [1.82, 2.24) is 8.75 Å². The molecule has 5 heteroatoms. The van der Waals surface area contributed by atoms with Crippen molar-refractivity contribution in [1.29, 1.82) is 10.5 Å². The average molecular weight is 461 g/mol. The largest absolute Gasteiger partial charge is 0.192 e. The van der Waals surface area contributed by atoms with E-state index in [1.165, 1.54) is 34.0 Å². The van der Waals surface area contributed by atoms with Gasteiger partial charge in [-0.1, -0.05) is 69.2 Å². The molecular formula is C29H24N4S. The van der Waals surface area contributed by atoms with E-state index >= 15 is 0 Å². The summed E-state index contributed by atoms with van der Waals surface area (Å²) in [5.41, 5.74) is 10.3. The summed E-state index contributed by atoms with van der Waals surface area (Å²) in [7, 11) is 0. The summed E-state index contributed by atoms with van der Waals surface area (Å²) in [4.78, 5) is 0. The molecule has 0 spiro atoms. The van der Waals surface area contributed by atoms with E-state index in [1.807, 2.05) is 30.3 Å². The fourth-order valence-corrected chi connectivity index (χ4v) is 6.13. The molecular weight excluding hydrogens is 436 g/mol. The molecule has 1 aliphatic carbocycles. The Labute approximate surface area is 204 Å². The summed E-state index contributed by atoms with van der Waals surface area (Å²) in [6.07, 6.45) is 5.91. The van der Waals surface area contributed by atoms with Crippen LogP contribution < -0.4 is 0 Å². The lowest BCUT2D eigenvalue weighted by atomic mass is 9.71. The minimum Gasteiger partial charge on any atom is -0.192 e. The van der Waals surface area contributed by atoms with Crippen molar-refractivity contribution in [2.45, 2.75) is 44.9 Å². The fraction of sp³-hybridized carbons (Fsp3) is 0.241. The summed E-state index contributed by atoms with van der Waals surface area (Å²) in [6, 6.07) is 23.3. The van der Waals surface area contributed by atoms with E-state index in [1.54, 1.807) is 6.08 Å². The highest BCUT2D eigenvalue weighted by molar-refractivity contribution is 7.00. The van der Waals surface area contributed by atoms with E-state index in [0.717, 1.165) is 53.4 Å². The van der Waals surface area contributed by atoms with Crippen molar-refractivity contribution in [2.24, 2.45) is 0 Å². The SMILES string of the molecule is CCCC1(CCC)c2cc(C=C(C#N)C#N)ccc2-c2ccc(-c3cccc4nsnc34)cc21. The first-order valence-corrected chi connectivity index (χ1v) is 12.4. The molecule has 0 N–H and O–H groups in total. The lowest BCUT2D eigenvalue weighted by molar-refractivity contribution is 0.436. The second-order valence-electron chi connectivity index (χ2n) is 8.87. The Balaban J connectivity index is 1.73. The third-order valence-electron chi connectivity index (χ3n) is 6.89. The second-order valence-corrected chi connectivity index (χ2v) is 9.40. The van der Waals surface area contributed by atoms with Crippen molar-refractivity contribution in [3.8, 4) is 34.4 Å². The van der Waals surface area contributed by atoms with Crippen molar-refractivity contribution in [3.63, 3.8) is 0 Å². The quantitative estimate of drug-likeness (QED) is 0.277. The topological polar surface area (TPSA) is 73.4 Å². The molecule has 3 aromatic carbocycles. The number of fused-ring (bicyclic) bond motifs is 4. The molecule has 0 fully saturated rings. The van der Waals surface area contributed by atoms with Crippen LogP contribution in [-0.4, -0.2) is 8.75 Å². The number of hydrogen-bond acceptors (Lipinski definition) is 5. The molecule has 0 atom stereocenters. The smallest absolute Gasteiger partial charge is 0.130 e. The van der Waals surface area contributed by atoms with Gasteiger partial charge in [-0.3, -0.25) is 0 Å². The van der Waals surface area contributed by atoms with Crippen LogP contribution in [-0.2, 0) is 5.41 Å². The highest BCUT2D eigenvalue weighted by Crippen LogP contribution is 2.55. The van der Waals surface area contributed by atoms with E-state index in [4.69, 9.17) is 0 Å². The van der Waals surface area contributed by atoms with Gasteiger partial charge in [-0.15, -0.1) is 0 Å². The molecule has 1 heterocycles. The molecule has 4 nitrogen and oxygen atoms in total. The molecule has 0 bridgehead atoms. The van der Waals surface area contributed by atoms with E-state index in [0.29, 0.717) is 0 Å². The van der Waals surface area contributed by atoms with Crippen LogP contribution in [0.5, 0.6) is 0 Å². The predicted octanol–water partition coefficient (Wildman–Crippen LogP) is 7.66. The van der Waals surface area contributed by atoms with Gasteiger partial charge in [0.15, 0.2) is 0 Å². The molecule has 0 saturated heterocycles. The molecule has 5 rings (SSSR count). The van der Waals surface area contributed by atoms with Gasteiger partial charge in [-0.05, 0) is 64.4 Å². The summed E-state index contributed by atoms with van der Waals surface area (Å²) in [5, 5.41) is 18.5. The van der Waals surface area contributed by atoms with E-state index < -0.39 is 0 Å². The first-order valence-electron chi connectivity index (χ1n) is 11.7. The number of allylic oxidation sites excluding steroid dienone is 1. The zero-order valence-electron chi connectivity index (χ0n) is 19.3. The van der Waals surface area contributed by atoms with Gasteiger partial charge in [0.1, 0.15) is 28.7 Å². The van der Waals surface area contributed by atoms with Crippen LogP contribution in [0.1, 0.15) is 56.2 Å². The Morgan fingerprint density at radius 2 is 1.59 bits per heavy atom. The molecule has 1 aliphatic rings. The molecule has 0 amide bonds. The van der Waals surface area contributed by atoms with Crippen molar-refractivity contribution in [2.75, 3.05) is 0 Å². The van der Waals surface area contributed by atoms with Crippen LogP contribution in [0.3, 0.4) is 0 Å².